The Labute approximate surface area is 166 Å². The third-order valence-corrected chi connectivity index (χ3v) is 7.30. The van der Waals surface area contributed by atoms with Crippen molar-refractivity contribution in [3.8, 4) is 10.7 Å². The third kappa shape index (κ3) is 3.29. The first kappa shape index (κ1) is 17.0. The number of thiazole rings is 2. The predicted octanol–water partition coefficient (Wildman–Crippen LogP) is 4.98. The molecule has 1 aliphatic heterocycles. The van der Waals surface area contributed by atoms with E-state index in [0.29, 0.717) is 6.04 Å². The molecule has 1 unspecified atom stereocenters. The van der Waals surface area contributed by atoms with Gasteiger partial charge in [-0.15, -0.1) is 22.7 Å². The van der Waals surface area contributed by atoms with Crippen molar-refractivity contribution in [1.29, 1.82) is 0 Å². The van der Waals surface area contributed by atoms with Crippen LogP contribution in [0.5, 0.6) is 0 Å². The molecule has 5 rings (SSSR count). The molecular formula is C21H20N4S2. The molecule has 0 bridgehead atoms. The van der Waals surface area contributed by atoms with E-state index >= 15 is 0 Å². The summed E-state index contributed by atoms with van der Waals surface area (Å²) in [4.78, 5) is 17.8. The second-order valence-electron chi connectivity index (χ2n) is 6.90. The van der Waals surface area contributed by atoms with Gasteiger partial charge in [0.1, 0.15) is 5.01 Å². The topological polar surface area (TPSA) is 41.9 Å². The molecule has 0 aliphatic carbocycles. The second kappa shape index (κ2) is 7.11. The van der Waals surface area contributed by atoms with Crippen LogP contribution in [0.3, 0.4) is 0 Å². The first-order valence-electron chi connectivity index (χ1n) is 9.25. The van der Waals surface area contributed by atoms with E-state index in [1.54, 1.807) is 22.7 Å². The summed E-state index contributed by atoms with van der Waals surface area (Å²) >= 11 is 3.51. The zero-order valence-corrected chi connectivity index (χ0v) is 16.8. The molecular weight excluding hydrogens is 372 g/mol. The van der Waals surface area contributed by atoms with Gasteiger partial charge in [0.25, 0.3) is 0 Å². The fraction of sp³-hybridized carbons (Fsp3) is 0.286. The highest BCUT2D eigenvalue weighted by molar-refractivity contribution is 7.16. The lowest BCUT2D eigenvalue weighted by Gasteiger charge is -2.27. The van der Waals surface area contributed by atoms with Crippen molar-refractivity contribution in [3.63, 3.8) is 0 Å². The van der Waals surface area contributed by atoms with Crippen molar-refractivity contribution < 1.29 is 0 Å². The first-order valence-corrected chi connectivity index (χ1v) is 10.9. The lowest BCUT2D eigenvalue weighted by Crippen LogP contribution is -2.29. The van der Waals surface area contributed by atoms with E-state index in [-0.39, 0.29) is 0 Å². The van der Waals surface area contributed by atoms with Crippen LogP contribution in [0.15, 0.2) is 48.1 Å². The highest BCUT2D eigenvalue weighted by Gasteiger charge is 2.23. The molecule has 6 heteroatoms. The summed E-state index contributed by atoms with van der Waals surface area (Å²) in [5.74, 6) is 0. The Bertz CT molecular complexity index is 1040. The van der Waals surface area contributed by atoms with Crippen LogP contribution in [0.1, 0.15) is 29.1 Å². The number of hydrogen-bond acceptors (Lipinski definition) is 6. The Balaban J connectivity index is 1.34. The van der Waals surface area contributed by atoms with E-state index in [9.17, 15) is 0 Å². The summed E-state index contributed by atoms with van der Waals surface area (Å²) in [6, 6.07) is 13.1. The van der Waals surface area contributed by atoms with Crippen LogP contribution in [0.4, 0.5) is 0 Å². The van der Waals surface area contributed by atoms with Gasteiger partial charge in [0.2, 0.25) is 0 Å². The first-order chi connectivity index (χ1) is 13.3. The largest absolute Gasteiger partial charge is 0.296 e. The number of fused-ring (bicyclic) bond motifs is 2. The molecule has 0 saturated heterocycles. The maximum atomic E-state index is 4.90. The van der Waals surface area contributed by atoms with Crippen molar-refractivity contribution in [2.45, 2.75) is 25.8 Å². The van der Waals surface area contributed by atoms with Crippen LogP contribution in [0.2, 0.25) is 0 Å². The average Bonchev–Trinajstić information content (AvgIpc) is 3.30. The number of rotatable bonds is 3. The molecule has 0 fully saturated rings. The molecule has 0 saturated carbocycles. The van der Waals surface area contributed by atoms with E-state index in [4.69, 9.17) is 4.98 Å². The second-order valence-corrected chi connectivity index (χ2v) is 8.87. The molecule has 0 amide bonds. The van der Waals surface area contributed by atoms with Gasteiger partial charge in [-0.1, -0.05) is 12.1 Å². The summed E-state index contributed by atoms with van der Waals surface area (Å²) in [5.41, 5.74) is 6.62. The van der Waals surface area contributed by atoms with Gasteiger partial charge >= 0.3 is 0 Å². The highest BCUT2D eigenvalue weighted by atomic mass is 32.1. The van der Waals surface area contributed by atoms with Crippen LogP contribution >= 0.6 is 22.7 Å². The van der Waals surface area contributed by atoms with Crippen molar-refractivity contribution in [1.82, 2.24) is 19.9 Å². The molecule has 136 valence electrons. The van der Waals surface area contributed by atoms with Gasteiger partial charge < -0.3 is 0 Å². The average molecular weight is 393 g/mol. The van der Waals surface area contributed by atoms with Gasteiger partial charge in [0, 0.05) is 36.6 Å². The van der Waals surface area contributed by atoms with Gasteiger partial charge in [-0.25, -0.2) is 9.97 Å². The van der Waals surface area contributed by atoms with Crippen LogP contribution in [-0.2, 0) is 12.8 Å². The van der Waals surface area contributed by atoms with Crippen LogP contribution in [-0.4, -0.2) is 32.9 Å². The number of benzene rings is 1. The quantitative estimate of drug-likeness (QED) is 0.493. The smallest absolute Gasteiger partial charge is 0.142 e. The molecule has 4 nitrogen and oxygen atoms in total. The van der Waals surface area contributed by atoms with Crippen LogP contribution < -0.4 is 0 Å². The monoisotopic (exact) mass is 392 g/mol. The molecule has 1 aromatic carbocycles. The Morgan fingerprint density at radius 3 is 2.89 bits per heavy atom. The summed E-state index contributed by atoms with van der Waals surface area (Å²) in [6.07, 6.45) is 3.90. The van der Waals surface area contributed by atoms with Gasteiger partial charge in [-0.3, -0.25) is 9.88 Å². The number of aromatic nitrogens is 3. The number of nitrogens with zero attached hydrogens (tertiary/aromatic N) is 4. The minimum atomic E-state index is 0.389. The van der Waals surface area contributed by atoms with Gasteiger partial charge in [0.15, 0.2) is 0 Å². The number of pyridine rings is 1. The van der Waals surface area contributed by atoms with Gasteiger partial charge in [0.05, 0.1) is 27.1 Å². The lowest BCUT2D eigenvalue weighted by atomic mass is 10.1. The molecule has 27 heavy (non-hydrogen) atoms. The van der Waals surface area contributed by atoms with E-state index in [2.05, 4.69) is 40.0 Å². The zero-order valence-electron chi connectivity index (χ0n) is 15.1. The summed E-state index contributed by atoms with van der Waals surface area (Å²) in [5, 5.41) is 1.05. The summed E-state index contributed by atoms with van der Waals surface area (Å²) in [6.45, 7) is 4.40. The summed E-state index contributed by atoms with van der Waals surface area (Å²) in [7, 11) is 0. The molecule has 0 N–H and O–H groups in total. The fourth-order valence-electron chi connectivity index (χ4n) is 3.71. The maximum absolute atomic E-state index is 4.90. The van der Waals surface area contributed by atoms with E-state index in [1.165, 1.54) is 20.8 Å². The molecule has 4 heterocycles. The molecule has 1 aliphatic rings. The van der Waals surface area contributed by atoms with Crippen molar-refractivity contribution in [2.75, 3.05) is 13.1 Å². The normalized spacial score (nSPS) is 16.2. The Morgan fingerprint density at radius 2 is 2.00 bits per heavy atom. The zero-order chi connectivity index (χ0) is 18.2. The van der Waals surface area contributed by atoms with Crippen LogP contribution in [0.25, 0.3) is 20.9 Å². The minimum absolute atomic E-state index is 0.389. The highest BCUT2D eigenvalue weighted by Crippen LogP contribution is 2.32. The van der Waals surface area contributed by atoms with Gasteiger partial charge in [-0.05, 0) is 43.2 Å². The van der Waals surface area contributed by atoms with Crippen molar-refractivity contribution >= 4 is 32.9 Å². The fourth-order valence-corrected chi connectivity index (χ4v) is 5.44. The predicted molar refractivity (Wildman–Crippen MR) is 112 cm³/mol. The molecule has 3 aromatic heterocycles. The van der Waals surface area contributed by atoms with E-state index in [1.807, 2.05) is 29.9 Å². The molecule has 0 spiro atoms. The standard InChI is InChI=1S/C21H20N4S2/c1-14(15-5-6-19-18(12-15)23-13-26-19)25-10-7-16-20(8-11-25)27-21(24-16)17-4-2-3-9-22-17/h2-6,9,12-14H,7-8,10-11H2,1H3. The Hall–Kier alpha value is -2.15. The SMILES string of the molecule is CC(c1ccc2scnc2c1)N1CCc2nc(-c3ccccn3)sc2CC1. The lowest BCUT2D eigenvalue weighted by molar-refractivity contribution is 0.221. The Kier molecular flexibility index (Phi) is 4.47. The van der Waals surface area contributed by atoms with Gasteiger partial charge in [-0.2, -0.15) is 0 Å². The minimum Gasteiger partial charge on any atom is -0.296 e. The van der Waals surface area contributed by atoms with E-state index in [0.717, 1.165) is 42.1 Å². The maximum Gasteiger partial charge on any atom is 0.142 e. The van der Waals surface area contributed by atoms with Crippen molar-refractivity contribution in [2.24, 2.45) is 0 Å². The van der Waals surface area contributed by atoms with Crippen molar-refractivity contribution in [3.05, 3.63) is 64.2 Å². The Morgan fingerprint density at radius 1 is 1.07 bits per heavy atom. The van der Waals surface area contributed by atoms with E-state index < -0.39 is 0 Å². The summed E-state index contributed by atoms with van der Waals surface area (Å²) < 4.78 is 1.26. The molecule has 4 aromatic rings. The number of hydrogen-bond donors (Lipinski definition) is 0. The van der Waals surface area contributed by atoms with Crippen LogP contribution in [0, 0.1) is 0 Å². The molecule has 1 atom stereocenters. The molecule has 0 radical (unpaired) electrons. The third-order valence-electron chi connectivity index (χ3n) is 5.31.